The van der Waals surface area contributed by atoms with E-state index in [-0.39, 0.29) is 40.2 Å². The van der Waals surface area contributed by atoms with Crippen molar-refractivity contribution in [1.82, 2.24) is 4.57 Å². The van der Waals surface area contributed by atoms with Gasteiger partial charge in [-0.2, -0.15) is 0 Å². The minimum absolute atomic E-state index is 0.0301. The fourth-order valence-corrected chi connectivity index (χ4v) is 4.14. The molecule has 0 saturated carbocycles. The van der Waals surface area contributed by atoms with Crippen molar-refractivity contribution in [1.29, 1.82) is 0 Å². The summed E-state index contributed by atoms with van der Waals surface area (Å²) in [5.74, 6) is -1.60. The number of rotatable bonds is 7. The molecule has 1 N–H and O–H groups in total. The van der Waals surface area contributed by atoms with Crippen molar-refractivity contribution in [2.24, 2.45) is 5.16 Å². The predicted molar refractivity (Wildman–Crippen MR) is 131 cm³/mol. The van der Waals surface area contributed by atoms with Crippen LogP contribution in [0.15, 0.2) is 88.9 Å². The molecule has 0 aliphatic carbocycles. The van der Waals surface area contributed by atoms with Gasteiger partial charge in [-0.05, 0) is 41.5 Å². The molecule has 35 heavy (non-hydrogen) atoms. The van der Waals surface area contributed by atoms with Gasteiger partial charge in [0.15, 0.2) is 0 Å². The van der Waals surface area contributed by atoms with E-state index >= 15 is 0 Å². The van der Waals surface area contributed by atoms with Gasteiger partial charge in [0.05, 0.1) is 22.3 Å². The Hall–Kier alpha value is -3.52. The van der Waals surface area contributed by atoms with E-state index in [0.717, 1.165) is 17.7 Å². The molecule has 0 unspecified atom stereocenters. The fourth-order valence-electron chi connectivity index (χ4n) is 3.43. The molecule has 0 bridgehead atoms. The summed E-state index contributed by atoms with van der Waals surface area (Å²) >= 11 is 12.7. The molecule has 9 heteroatoms. The topological polar surface area (TPSA) is 63.8 Å². The molecule has 0 radical (unpaired) electrons. The lowest BCUT2D eigenvalue weighted by Crippen LogP contribution is -2.20. The smallest absolute Gasteiger partial charge is 0.255 e. The molecule has 1 heterocycles. The van der Waals surface area contributed by atoms with Crippen LogP contribution in [-0.4, -0.2) is 15.4 Å². The summed E-state index contributed by atoms with van der Waals surface area (Å²) in [6, 6.07) is 18.0. The van der Waals surface area contributed by atoms with Crippen LogP contribution in [0.3, 0.4) is 0 Å². The van der Waals surface area contributed by atoms with Crippen LogP contribution in [0.25, 0.3) is 5.69 Å². The quantitative estimate of drug-likeness (QED) is 0.247. The number of halogens is 4. The van der Waals surface area contributed by atoms with E-state index in [1.165, 1.54) is 41.1 Å². The van der Waals surface area contributed by atoms with Crippen molar-refractivity contribution < 1.29 is 18.7 Å². The monoisotopic (exact) mass is 514 g/mol. The summed E-state index contributed by atoms with van der Waals surface area (Å²) in [6.45, 7) is -0.179. The van der Waals surface area contributed by atoms with Gasteiger partial charge in [0.1, 0.15) is 24.0 Å². The first-order valence-corrected chi connectivity index (χ1v) is 11.1. The number of aliphatic hydroxyl groups excluding tert-OH is 1. The zero-order valence-corrected chi connectivity index (χ0v) is 19.6. The second kappa shape index (κ2) is 10.8. The SMILES string of the molecule is O=c1ccc(C(=NOCc2ccccc2)c2ccc(F)cc2F)cn1-c1c(Cl)cc(CO)cc1Cl. The molecular weight excluding hydrogens is 497 g/mol. The molecule has 0 saturated heterocycles. The first-order chi connectivity index (χ1) is 16.9. The van der Waals surface area contributed by atoms with Crippen LogP contribution < -0.4 is 5.56 Å². The van der Waals surface area contributed by atoms with Gasteiger partial charge in [-0.25, -0.2) is 8.78 Å². The number of oxime groups is 1. The van der Waals surface area contributed by atoms with Crippen molar-refractivity contribution in [3.05, 3.63) is 133 Å². The lowest BCUT2D eigenvalue weighted by Gasteiger charge is -2.14. The average Bonchev–Trinajstić information content (AvgIpc) is 2.84. The second-order valence-electron chi connectivity index (χ2n) is 7.52. The van der Waals surface area contributed by atoms with Crippen LogP contribution in [-0.2, 0) is 18.1 Å². The number of hydrogen-bond donors (Lipinski definition) is 1. The third-order valence-electron chi connectivity index (χ3n) is 5.10. The molecule has 0 aliphatic rings. The largest absolute Gasteiger partial charge is 0.392 e. The highest BCUT2D eigenvalue weighted by Gasteiger charge is 2.18. The number of pyridine rings is 1. The third kappa shape index (κ3) is 5.59. The van der Waals surface area contributed by atoms with E-state index in [1.807, 2.05) is 30.3 Å². The Morgan fingerprint density at radius 3 is 2.31 bits per heavy atom. The number of aromatic nitrogens is 1. The predicted octanol–water partition coefficient (Wildman–Crippen LogP) is 5.88. The Bertz CT molecular complexity index is 1430. The molecule has 178 valence electrons. The van der Waals surface area contributed by atoms with E-state index in [0.29, 0.717) is 11.1 Å². The van der Waals surface area contributed by atoms with Gasteiger partial charge < -0.3 is 9.94 Å². The average molecular weight is 515 g/mol. The minimum atomic E-state index is -0.854. The molecule has 1 aromatic heterocycles. The van der Waals surface area contributed by atoms with Crippen LogP contribution >= 0.6 is 23.2 Å². The number of nitrogens with zero attached hydrogens (tertiary/aromatic N) is 2. The van der Waals surface area contributed by atoms with Gasteiger partial charge in [0.25, 0.3) is 5.56 Å². The molecule has 0 aliphatic heterocycles. The van der Waals surface area contributed by atoms with Crippen molar-refractivity contribution >= 4 is 28.9 Å². The summed E-state index contributed by atoms with van der Waals surface area (Å²) < 4.78 is 29.5. The molecule has 0 amide bonds. The van der Waals surface area contributed by atoms with Gasteiger partial charge in [-0.3, -0.25) is 9.36 Å². The van der Waals surface area contributed by atoms with E-state index in [1.54, 1.807) is 0 Å². The van der Waals surface area contributed by atoms with Crippen molar-refractivity contribution in [2.75, 3.05) is 0 Å². The Balaban J connectivity index is 1.82. The highest BCUT2D eigenvalue weighted by atomic mass is 35.5. The van der Waals surface area contributed by atoms with Gasteiger partial charge in [-0.1, -0.05) is 58.7 Å². The highest BCUT2D eigenvalue weighted by Crippen LogP contribution is 2.30. The molecule has 4 rings (SSSR count). The van der Waals surface area contributed by atoms with Crippen LogP contribution in [0.4, 0.5) is 8.78 Å². The summed E-state index contributed by atoms with van der Waals surface area (Å²) in [7, 11) is 0. The van der Waals surface area contributed by atoms with Crippen LogP contribution in [0.5, 0.6) is 0 Å². The summed E-state index contributed by atoms with van der Waals surface area (Å²) in [4.78, 5) is 18.2. The fraction of sp³-hybridized carbons (Fsp3) is 0.0769. The summed E-state index contributed by atoms with van der Waals surface area (Å²) in [6.07, 6.45) is 1.39. The van der Waals surface area contributed by atoms with Crippen molar-refractivity contribution in [3.63, 3.8) is 0 Å². The Morgan fingerprint density at radius 1 is 0.943 bits per heavy atom. The lowest BCUT2D eigenvalue weighted by atomic mass is 10.0. The standard InChI is InChI=1S/C26H18Cl2F2N2O3/c27-21-10-17(14-33)11-22(28)26(21)32-13-18(6-9-24(32)34)25(20-8-7-19(29)12-23(20)30)31-35-15-16-4-2-1-3-5-16/h1-13,33H,14-15H2. The van der Waals surface area contributed by atoms with Crippen LogP contribution in [0, 0.1) is 11.6 Å². The Kier molecular flexibility index (Phi) is 7.60. The van der Waals surface area contributed by atoms with E-state index in [2.05, 4.69) is 5.16 Å². The second-order valence-corrected chi connectivity index (χ2v) is 8.33. The van der Waals surface area contributed by atoms with Gasteiger partial charge >= 0.3 is 0 Å². The number of benzene rings is 3. The maximum Gasteiger partial charge on any atom is 0.255 e. The molecule has 3 aromatic carbocycles. The van der Waals surface area contributed by atoms with E-state index < -0.39 is 17.2 Å². The number of aliphatic hydroxyl groups is 1. The first kappa shape index (κ1) is 24.6. The summed E-state index contributed by atoms with van der Waals surface area (Å²) in [5.41, 5.74) is 1.32. The minimum Gasteiger partial charge on any atom is -0.392 e. The molecule has 4 aromatic rings. The van der Waals surface area contributed by atoms with Gasteiger partial charge in [-0.15, -0.1) is 0 Å². The third-order valence-corrected chi connectivity index (χ3v) is 5.68. The van der Waals surface area contributed by atoms with Crippen LogP contribution in [0.2, 0.25) is 10.0 Å². The summed E-state index contributed by atoms with van der Waals surface area (Å²) in [5, 5.41) is 13.8. The first-order valence-electron chi connectivity index (χ1n) is 10.4. The normalized spacial score (nSPS) is 11.5. The molecule has 0 fully saturated rings. The van der Waals surface area contributed by atoms with Crippen molar-refractivity contribution in [2.45, 2.75) is 13.2 Å². The molecule has 0 spiro atoms. The van der Waals surface area contributed by atoms with Crippen molar-refractivity contribution in [3.8, 4) is 5.69 Å². The lowest BCUT2D eigenvalue weighted by molar-refractivity contribution is 0.131. The maximum absolute atomic E-state index is 14.7. The maximum atomic E-state index is 14.7. The van der Waals surface area contributed by atoms with Crippen LogP contribution in [0.1, 0.15) is 22.3 Å². The number of hydrogen-bond acceptors (Lipinski definition) is 4. The zero-order chi connectivity index (χ0) is 24.9. The highest BCUT2D eigenvalue weighted by molar-refractivity contribution is 6.37. The van der Waals surface area contributed by atoms with Gasteiger partial charge in [0, 0.05) is 29.5 Å². The van der Waals surface area contributed by atoms with E-state index in [4.69, 9.17) is 28.0 Å². The zero-order valence-electron chi connectivity index (χ0n) is 18.1. The Labute approximate surface area is 209 Å². The van der Waals surface area contributed by atoms with E-state index in [9.17, 15) is 18.7 Å². The molecule has 5 nitrogen and oxygen atoms in total. The molecular formula is C26H18Cl2F2N2O3. The van der Waals surface area contributed by atoms with Gasteiger partial charge in [0.2, 0.25) is 0 Å². The Morgan fingerprint density at radius 2 is 1.66 bits per heavy atom. The molecule has 0 atom stereocenters.